The molecule has 0 N–H and O–H groups in total. The summed E-state index contributed by atoms with van der Waals surface area (Å²) >= 11 is 0. The number of nitriles is 1. The Kier molecular flexibility index (Phi) is 6.79. The van der Waals surface area contributed by atoms with Gasteiger partial charge in [-0.05, 0) is 50.4 Å². The molecule has 1 aliphatic rings. The van der Waals surface area contributed by atoms with E-state index >= 15 is 0 Å². The van der Waals surface area contributed by atoms with E-state index in [1.165, 1.54) is 0 Å². The molecule has 0 bridgehead atoms. The lowest BCUT2D eigenvalue weighted by Crippen LogP contribution is -2.41. The van der Waals surface area contributed by atoms with Gasteiger partial charge in [0.05, 0.1) is 22.6 Å². The molecule has 0 radical (unpaired) electrons. The van der Waals surface area contributed by atoms with E-state index in [2.05, 4.69) is 58.0 Å². The van der Waals surface area contributed by atoms with E-state index in [-0.39, 0.29) is 0 Å². The topological polar surface area (TPSA) is 68.0 Å². The van der Waals surface area contributed by atoms with E-state index < -0.39 is 18.3 Å². The van der Waals surface area contributed by atoms with Crippen molar-refractivity contribution >= 4 is 12.6 Å². The Balaban J connectivity index is 1.46. The predicted octanol–water partition coefficient (Wildman–Crippen LogP) is 7.32. The van der Waals surface area contributed by atoms with Crippen molar-refractivity contribution in [2.75, 3.05) is 0 Å². The lowest BCUT2D eigenvalue weighted by Gasteiger charge is -2.32. The maximum atomic E-state index is 10.4. The van der Waals surface area contributed by atoms with Crippen molar-refractivity contribution in [1.29, 1.82) is 5.26 Å². The molecule has 6 heteroatoms. The molecule has 41 heavy (non-hydrogen) atoms. The number of hydrogen-bond acceptors (Lipinski definition) is 5. The van der Waals surface area contributed by atoms with Crippen LogP contribution in [0.4, 0.5) is 0 Å². The number of benzene rings is 4. The van der Waals surface area contributed by atoms with Gasteiger partial charge in [0.15, 0.2) is 5.82 Å². The first-order chi connectivity index (χ1) is 19.8. The first-order valence-electron chi connectivity index (χ1n) is 13.8. The van der Waals surface area contributed by atoms with Crippen molar-refractivity contribution in [3.05, 3.63) is 115 Å². The van der Waals surface area contributed by atoms with Crippen LogP contribution in [-0.2, 0) is 9.31 Å². The molecule has 0 atom stereocenters. The standard InChI is InChI=1S/C35H30BN3O2/c1-34(2)35(3,4)41-36(40-34)29-20-12-18-27(22-29)26-17-11-19-28(21-26)32-30(23-37)31(24-13-7-5-8-14-24)38-33(39-32)25-15-9-6-10-16-25/h5-22H,1-4H3. The fraction of sp³-hybridized carbons (Fsp3) is 0.171. The van der Waals surface area contributed by atoms with E-state index in [4.69, 9.17) is 19.3 Å². The second-order valence-electron chi connectivity index (χ2n) is 11.3. The molecule has 0 aliphatic carbocycles. The molecule has 0 amide bonds. The van der Waals surface area contributed by atoms with Crippen molar-refractivity contribution in [3.8, 4) is 51.1 Å². The quantitative estimate of drug-likeness (QED) is 0.221. The normalized spacial score (nSPS) is 15.4. The van der Waals surface area contributed by atoms with E-state index in [1.807, 2.05) is 84.9 Å². The molecular formula is C35H30BN3O2. The van der Waals surface area contributed by atoms with Crippen molar-refractivity contribution < 1.29 is 9.31 Å². The molecular weight excluding hydrogens is 505 g/mol. The van der Waals surface area contributed by atoms with Crippen LogP contribution in [0.25, 0.3) is 45.0 Å². The van der Waals surface area contributed by atoms with Crippen molar-refractivity contribution in [2.45, 2.75) is 38.9 Å². The fourth-order valence-electron chi connectivity index (χ4n) is 4.99. The lowest BCUT2D eigenvalue weighted by atomic mass is 9.78. The molecule has 1 saturated heterocycles. The summed E-state index contributed by atoms with van der Waals surface area (Å²) in [4.78, 5) is 9.81. The first kappa shape index (κ1) is 26.6. The summed E-state index contributed by atoms with van der Waals surface area (Å²) in [6.45, 7) is 8.23. The Labute approximate surface area is 241 Å². The smallest absolute Gasteiger partial charge is 0.399 e. The second kappa shape index (κ2) is 10.4. The van der Waals surface area contributed by atoms with Crippen LogP contribution < -0.4 is 5.46 Å². The van der Waals surface area contributed by atoms with Gasteiger partial charge in [0.1, 0.15) is 11.6 Å². The SMILES string of the molecule is CC1(C)OB(c2cccc(-c3cccc(-c4nc(-c5ccccc5)nc(-c5ccccc5)c4C#N)c3)c2)OC1(C)C. The monoisotopic (exact) mass is 535 g/mol. The van der Waals surface area contributed by atoms with Gasteiger partial charge >= 0.3 is 7.12 Å². The van der Waals surface area contributed by atoms with Crippen LogP contribution in [0.1, 0.15) is 33.3 Å². The average molecular weight is 535 g/mol. The highest BCUT2D eigenvalue weighted by molar-refractivity contribution is 6.62. The summed E-state index contributed by atoms with van der Waals surface area (Å²) in [6.07, 6.45) is 0. The highest BCUT2D eigenvalue weighted by Crippen LogP contribution is 2.37. The minimum atomic E-state index is -0.447. The van der Waals surface area contributed by atoms with Gasteiger partial charge in [-0.3, -0.25) is 0 Å². The molecule has 0 unspecified atom stereocenters. The van der Waals surface area contributed by atoms with E-state index in [0.717, 1.165) is 33.3 Å². The van der Waals surface area contributed by atoms with Crippen LogP contribution in [0.3, 0.4) is 0 Å². The summed E-state index contributed by atoms with van der Waals surface area (Å²) in [5.74, 6) is 0.576. The molecule has 200 valence electrons. The molecule has 1 fully saturated rings. The molecule has 1 aliphatic heterocycles. The Hall–Kier alpha value is -4.57. The molecule has 6 rings (SSSR count). The molecule has 0 saturated carbocycles. The Morgan fingerprint density at radius 1 is 0.585 bits per heavy atom. The zero-order chi connectivity index (χ0) is 28.6. The van der Waals surface area contributed by atoms with Gasteiger partial charge in [0.2, 0.25) is 0 Å². The van der Waals surface area contributed by atoms with Crippen LogP contribution in [0.2, 0.25) is 0 Å². The Morgan fingerprint density at radius 3 is 1.68 bits per heavy atom. The van der Waals surface area contributed by atoms with E-state index in [9.17, 15) is 5.26 Å². The maximum absolute atomic E-state index is 10.4. The van der Waals surface area contributed by atoms with Crippen LogP contribution in [-0.4, -0.2) is 28.3 Å². The minimum Gasteiger partial charge on any atom is -0.399 e. The van der Waals surface area contributed by atoms with Gasteiger partial charge in [-0.1, -0.05) is 103 Å². The minimum absolute atomic E-state index is 0.415. The number of aromatic nitrogens is 2. The third kappa shape index (κ3) is 5.07. The summed E-state index contributed by atoms with van der Waals surface area (Å²) in [6, 6.07) is 38.4. The van der Waals surface area contributed by atoms with E-state index in [1.54, 1.807) is 0 Å². The lowest BCUT2D eigenvalue weighted by molar-refractivity contribution is 0.00578. The average Bonchev–Trinajstić information content (AvgIpc) is 3.23. The molecule has 1 aromatic heterocycles. The van der Waals surface area contributed by atoms with Crippen LogP contribution >= 0.6 is 0 Å². The zero-order valence-corrected chi connectivity index (χ0v) is 23.6. The van der Waals surface area contributed by atoms with Crippen molar-refractivity contribution in [1.82, 2.24) is 9.97 Å². The fourth-order valence-corrected chi connectivity index (χ4v) is 4.99. The number of rotatable bonds is 5. The highest BCUT2D eigenvalue weighted by Gasteiger charge is 2.51. The molecule has 0 spiro atoms. The van der Waals surface area contributed by atoms with Crippen molar-refractivity contribution in [2.24, 2.45) is 0 Å². The predicted molar refractivity (Wildman–Crippen MR) is 164 cm³/mol. The number of hydrogen-bond donors (Lipinski definition) is 0. The Morgan fingerprint density at radius 2 is 1.07 bits per heavy atom. The van der Waals surface area contributed by atoms with Gasteiger partial charge in [-0.15, -0.1) is 0 Å². The van der Waals surface area contributed by atoms with Gasteiger partial charge in [0.25, 0.3) is 0 Å². The zero-order valence-electron chi connectivity index (χ0n) is 23.6. The third-order valence-corrected chi connectivity index (χ3v) is 7.98. The molecule has 5 aromatic rings. The van der Waals surface area contributed by atoms with Gasteiger partial charge in [-0.2, -0.15) is 5.26 Å². The molecule has 4 aromatic carbocycles. The number of nitrogens with zero attached hydrogens (tertiary/aromatic N) is 3. The summed E-state index contributed by atoms with van der Waals surface area (Å²) in [7, 11) is -0.447. The summed E-state index contributed by atoms with van der Waals surface area (Å²) < 4.78 is 12.6. The maximum Gasteiger partial charge on any atom is 0.494 e. The van der Waals surface area contributed by atoms with Crippen LogP contribution in [0.5, 0.6) is 0 Å². The summed E-state index contributed by atoms with van der Waals surface area (Å²) in [5.41, 5.74) is 6.43. The highest BCUT2D eigenvalue weighted by atomic mass is 16.7. The molecule has 2 heterocycles. The van der Waals surface area contributed by atoms with E-state index in [0.29, 0.717) is 22.8 Å². The van der Waals surface area contributed by atoms with Crippen LogP contribution in [0.15, 0.2) is 109 Å². The van der Waals surface area contributed by atoms with Gasteiger partial charge < -0.3 is 9.31 Å². The molecule has 5 nitrogen and oxygen atoms in total. The third-order valence-electron chi connectivity index (χ3n) is 7.98. The second-order valence-corrected chi connectivity index (χ2v) is 11.3. The van der Waals surface area contributed by atoms with Crippen molar-refractivity contribution in [3.63, 3.8) is 0 Å². The van der Waals surface area contributed by atoms with Gasteiger partial charge in [-0.25, -0.2) is 9.97 Å². The summed E-state index contributed by atoms with van der Waals surface area (Å²) in [5, 5.41) is 10.4. The first-order valence-corrected chi connectivity index (χ1v) is 13.8. The van der Waals surface area contributed by atoms with Gasteiger partial charge in [0, 0.05) is 16.7 Å². The largest absolute Gasteiger partial charge is 0.494 e. The Bertz CT molecular complexity index is 1750. The van der Waals surface area contributed by atoms with Crippen LogP contribution in [0, 0.1) is 11.3 Å².